The molecule has 0 unspecified atom stereocenters. The number of carboxylic acid groups (broad SMARTS) is 1. The summed E-state index contributed by atoms with van der Waals surface area (Å²) < 4.78 is 10.9. The SMILES string of the molecule is COC(=O)c1cc2[nH]c(O)c(C(=Nc3ccc(C(=O)CC4CCN(CCO)CC4)cc3)c3ccccc3)c2cc1C.COC(=O)c1cc2c(cc1C)c(C(=Nc1ccc(C(=O)O)cc1)c1ccccc1)c(O)n2C(C)=O.NC1CCN(CCO)CC1. The number of esters is 2. The number of likely N-dealkylation sites (tertiary alicyclic amines) is 2. The van der Waals surface area contributed by atoms with Gasteiger partial charge in [-0.3, -0.25) is 14.2 Å². The molecule has 2 aromatic heterocycles. The average Bonchev–Trinajstić information content (AvgIpc) is 1.87. The number of methoxy groups -OCH3 is 2. The van der Waals surface area contributed by atoms with Crippen molar-refractivity contribution in [3.8, 4) is 11.8 Å². The minimum atomic E-state index is -1.05. The van der Waals surface area contributed by atoms with Crippen LogP contribution in [0.4, 0.5) is 11.4 Å². The summed E-state index contributed by atoms with van der Waals surface area (Å²) in [5, 5.41) is 50.5. The molecule has 19 heteroatoms. The number of piperidine rings is 2. The van der Waals surface area contributed by atoms with Gasteiger partial charge in [0.15, 0.2) is 11.7 Å². The summed E-state index contributed by atoms with van der Waals surface area (Å²) in [7, 11) is 2.61. The number of aliphatic hydroxyl groups is 2. The van der Waals surface area contributed by atoms with Gasteiger partial charge in [-0.1, -0.05) is 60.7 Å². The molecular formula is C67H73N7O12. The number of aryl methyl sites for hydroxylation is 2. The van der Waals surface area contributed by atoms with Gasteiger partial charge in [0, 0.05) is 65.5 Å². The molecule has 4 heterocycles. The second-order valence-corrected chi connectivity index (χ2v) is 21.4. The van der Waals surface area contributed by atoms with E-state index in [1.807, 2.05) is 97.9 Å². The molecular weight excluding hydrogens is 1090 g/mol. The first-order valence-corrected chi connectivity index (χ1v) is 28.5. The fourth-order valence-corrected chi connectivity index (χ4v) is 10.8. The third kappa shape index (κ3) is 15.0. The molecule has 2 aliphatic rings. The summed E-state index contributed by atoms with van der Waals surface area (Å²) in [6, 6.07) is 39.1. The van der Waals surface area contributed by atoms with Crippen LogP contribution in [0.15, 0.2) is 143 Å². The molecule has 0 saturated carbocycles. The van der Waals surface area contributed by atoms with E-state index in [-0.39, 0.29) is 41.9 Å². The van der Waals surface area contributed by atoms with Gasteiger partial charge >= 0.3 is 17.9 Å². The Morgan fingerprint density at radius 1 is 0.605 bits per heavy atom. The summed E-state index contributed by atoms with van der Waals surface area (Å²) in [5.41, 5.74) is 13.8. The second-order valence-electron chi connectivity index (χ2n) is 21.4. The number of aliphatic hydroxyl groups excluding tert-OH is 2. The first-order valence-electron chi connectivity index (χ1n) is 28.5. The Morgan fingerprint density at radius 2 is 1.07 bits per heavy atom. The van der Waals surface area contributed by atoms with Gasteiger partial charge in [0.25, 0.3) is 0 Å². The predicted molar refractivity (Wildman–Crippen MR) is 331 cm³/mol. The summed E-state index contributed by atoms with van der Waals surface area (Å²) in [6.07, 6.45) is 4.60. The third-order valence-electron chi connectivity index (χ3n) is 15.5. The van der Waals surface area contributed by atoms with Crippen molar-refractivity contribution < 1.29 is 59.0 Å². The van der Waals surface area contributed by atoms with Gasteiger partial charge in [-0.2, -0.15) is 0 Å². The van der Waals surface area contributed by atoms with E-state index in [2.05, 4.69) is 14.8 Å². The normalized spacial score (nSPS) is 14.5. The first-order chi connectivity index (χ1) is 41.4. The number of H-pyrrole nitrogens is 1. The predicted octanol–water partition coefficient (Wildman–Crippen LogP) is 9.79. The number of ketones is 1. The number of aromatic carboxylic acids is 1. The van der Waals surface area contributed by atoms with E-state index >= 15 is 0 Å². The lowest BCUT2D eigenvalue weighted by atomic mass is 9.90. The maximum atomic E-state index is 13.0. The third-order valence-corrected chi connectivity index (χ3v) is 15.5. The zero-order valence-corrected chi connectivity index (χ0v) is 49.0. The van der Waals surface area contributed by atoms with Crippen molar-refractivity contribution in [2.75, 3.05) is 66.7 Å². The van der Waals surface area contributed by atoms with Crippen LogP contribution in [0.25, 0.3) is 21.8 Å². The van der Waals surface area contributed by atoms with Crippen molar-refractivity contribution in [1.82, 2.24) is 19.4 Å². The van der Waals surface area contributed by atoms with E-state index in [1.165, 1.54) is 39.3 Å². The van der Waals surface area contributed by atoms with E-state index in [0.717, 1.165) is 79.5 Å². The second kappa shape index (κ2) is 29.1. The largest absolute Gasteiger partial charge is 0.494 e. The van der Waals surface area contributed by atoms with Crippen LogP contribution in [-0.2, 0) is 9.47 Å². The van der Waals surface area contributed by atoms with E-state index in [1.54, 1.807) is 31.2 Å². The minimum absolute atomic E-state index is 0.0548. The van der Waals surface area contributed by atoms with E-state index in [4.69, 9.17) is 35.4 Å². The van der Waals surface area contributed by atoms with Crippen LogP contribution in [-0.4, -0.2) is 159 Å². The van der Waals surface area contributed by atoms with Crippen molar-refractivity contribution in [2.24, 2.45) is 21.6 Å². The summed E-state index contributed by atoms with van der Waals surface area (Å²) in [4.78, 5) is 78.5. The number of benzene rings is 6. The van der Waals surface area contributed by atoms with Crippen molar-refractivity contribution in [3.63, 3.8) is 0 Å². The number of carbonyl (C=O) groups is 5. The van der Waals surface area contributed by atoms with Crippen molar-refractivity contribution in [2.45, 2.75) is 58.9 Å². The van der Waals surface area contributed by atoms with Gasteiger partial charge in [0.2, 0.25) is 11.8 Å². The van der Waals surface area contributed by atoms with Gasteiger partial charge in [-0.05, 0) is 156 Å². The molecule has 8 aromatic rings. The van der Waals surface area contributed by atoms with Crippen molar-refractivity contribution in [1.29, 1.82) is 0 Å². The highest BCUT2D eigenvalue weighted by Gasteiger charge is 2.28. The van der Waals surface area contributed by atoms with Gasteiger partial charge < -0.3 is 55.5 Å². The number of nitrogens with two attached hydrogens (primary N) is 1. The molecule has 19 nitrogen and oxygen atoms in total. The zero-order chi connectivity index (χ0) is 61.6. The molecule has 0 bridgehead atoms. The summed E-state index contributed by atoms with van der Waals surface area (Å²) >= 11 is 0. The lowest BCUT2D eigenvalue weighted by Gasteiger charge is -2.31. The molecule has 0 spiro atoms. The number of aromatic hydroxyl groups is 2. The quantitative estimate of drug-likeness (QED) is 0.0269. The molecule has 448 valence electrons. The molecule has 0 atom stereocenters. The molecule has 10 rings (SSSR count). The van der Waals surface area contributed by atoms with Crippen molar-refractivity contribution in [3.05, 3.63) is 189 Å². The van der Waals surface area contributed by atoms with E-state index < -0.39 is 23.8 Å². The van der Waals surface area contributed by atoms with Crippen LogP contribution in [0, 0.1) is 19.8 Å². The molecule has 0 radical (unpaired) electrons. The molecule has 2 fully saturated rings. The number of Topliss-reactive ketones (excluding diaryl/α,β-unsaturated/α-hetero) is 1. The van der Waals surface area contributed by atoms with Gasteiger partial charge in [0.1, 0.15) is 0 Å². The Bertz CT molecular complexity index is 3760. The Kier molecular flexibility index (Phi) is 21.3. The van der Waals surface area contributed by atoms with Crippen molar-refractivity contribution >= 4 is 74.2 Å². The highest BCUT2D eigenvalue weighted by Crippen LogP contribution is 2.38. The van der Waals surface area contributed by atoms with Gasteiger partial charge in [-0.15, -0.1) is 0 Å². The van der Waals surface area contributed by atoms with Crippen LogP contribution >= 0.6 is 0 Å². The monoisotopic (exact) mass is 1170 g/mol. The summed E-state index contributed by atoms with van der Waals surface area (Å²) in [6.45, 7) is 10.8. The lowest BCUT2D eigenvalue weighted by Crippen LogP contribution is -2.40. The van der Waals surface area contributed by atoms with Gasteiger partial charge in [0.05, 0.1) is 83.6 Å². The number of nitrogens with one attached hydrogen (secondary N) is 1. The number of ether oxygens (including phenoxy) is 2. The number of aromatic nitrogens is 2. The topological polar surface area (TPSA) is 283 Å². The number of fused-ring (bicyclic) bond motifs is 2. The number of nitrogens with zero attached hydrogens (tertiary/aromatic N) is 5. The number of aliphatic imine (C=N–C) groups is 2. The molecule has 8 N–H and O–H groups in total. The Morgan fingerprint density at radius 3 is 1.55 bits per heavy atom. The van der Waals surface area contributed by atoms with E-state index in [9.17, 15) is 39.3 Å². The fourth-order valence-electron chi connectivity index (χ4n) is 10.8. The average molecular weight is 1170 g/mol. The lowest BCUT2D eigenvalue weighted by molar-refractivity contribution is 0.0591. The van der Waals surface area contributed by atoms with Crippen LogP contribution in [0.1, 0.15) is 119 Å². The number of carboxylic acids is 1. The molecule has 0 amide bonds. The minimum Gasteiger partial charge on any atom is -0.494 e. The number of rotatable bonds is 16. The number of hydrogen-bond donors (Lipinski definition) is 7. The highest BCUT2D eigenvalue weighted by molar-refractivity contribution is 6.24. The molecule has 2 aliphatic heterocycles. The van der Waals surface area contributed by atoms with E-state index in [0.29, 0.717) is 97.5 Å². The maximum absolute atomic E-state index is 13.0. The standard InChI is InChI=1S/C33H35N3O5.C27H22N2O6.C7H16N2O/c1-21-18-27-28(20-26(21)33(40)41-2)35-32(39)30(27)31(24-6-4-3-5-7-24)34-25-10-8-23(9-11-25)29(38)19-22-12-14-36(15-13-22)16-17-37;1-15-13-21-22(14-20(15)27(34)35-3)29(16(2)30)25(31)23(21)24(17-7-5-4-6-8-17)28-19-11-9-18(10-12-19)26(32)33;8-7-1-3-9(4-2-7)5-6-10/h3-11,18,20,22,35,37,39H,12-17,19H2,1-2H3;4-14,31H,1-3H3,(H,32,33);7,10H,1-6,8H2. The smallest absolute Gasteiger partial charge is 0.338 e. The van der Waals surface area contributed by atoms with Crippen LogP contribution in [0.2, 0.25) is 0 Å². The zero-order valence-electron chi connectivity index (χ0n) is 49.0. The number of aromatic amines is 1. The number of β-amino-alcohol motifs (C(OH)–C–C–N with tert-alkyl or cyclic N) is 2. The van der Waals surface area contributed by atoms with Gasteiger partial charge in [-0.25, -0.2) is 24.4 Å². The fraction of sp³-hybridized carbons (Fsp3) is 0.299. The van der Waals surface area contributed by atoms with Crippen LogP contribution in [0.5, 0.6) is 11.8 Å². The molecule has 0 aliphatic carbocycles. The first kappa shape index (κ1) is 62.9. The summed E-state index contributed by atoms with van der Waals surface area (Å²) in [5.74, 6) is -2.40. The Balaban J connectivity index is 0.000000194. The van der Waals surface area contributed by atoms with Crippen LogP contribution < -0.4 is 5.73 Å². The van der Waals surface area contributed by atoms with Crippen LogP contribution in [0.3, 0.4) is 0 Å². The molecule has 86 heavy (non-hydrogen) atoms. The number of carbonyl (C=O) groups excluding carboxylic acids is 4. The molecule has 2 saturated heterocycles. The maximum Gasteiger partial charge on any atom is 0.338 e. The molecule has 6 aromatic carbocycles. The number of hydrogen-bond acceptors (Lipinski definition) is 16. The highest BCUT2D eigenvalue weighted by atomic mass is 16.5. The Labute approximate surface area is 498 Å². The Hall–Kier alpha value is -9.11.